The average molecular weight is 563 g/mol. The van der Waals surface area contributed by atoms with Gasteiger partial charge in [0, 0.05) is 43.5 Å². The SMILES string of the molecule is O=C(O)CN(CC(=O)O)CC(Cc1ccc(NCCCCCN2C(=O)C=CC2=O)cc1)N(CC(=O)O)CC(=O)O. The first kappa shape index (κ1) is 31.9. The Morgan fingerprint density at radius 3 is 1.77 bits per heavy atom. The van der Waals surface area contributed by atoms with Gasteiger partial charge in [-0.2, -0.15) is 0 Å². The van der Waals surface area contributed by atoms with Crippen LogP contribution in [0.4, 0.5) is 5.69 Å². The van der Waals surface area contributed by atoms with Crippen molar-refractivity contribution in [2.75, 3.05) is 51.1 Å². The van der Waals surface area contributed by atoms with Crippen molar-refractivity contribution in [1.82, 2.24) is 14.7 Å². The molecule has 0 saturated carbocycles. The second-order valence-electron chi connectivity index (χ2n) is 9.35. The Morgan fingerprint density at radius 2 is 1.27 bits per heavy atom. The van der Waals surface area contributed by atoms with Crippen LogP contribution >= 0.6 is 0 Å². The number of amides is 2. The molecule has 1 aliphatic rings. The van der Waals surface area contributed by atoms with Crippen molar-refractivity contribution < 1.29 is 49.2 Å². The minimum absolute atomic E-state index is 0.152. The van der Waals surface area contributed by atoms with E-state index in [1.54, 1.807) is 24.3 Å². The zero-order valence-corrected chi connectivity index (χ0v) is 21.9. The van der Waals surface area contributed by atoms with Gasteiger partial charge in [0.25, 0.3) is 11.8 Å². The van der Waals surface area contributed by atoms with E-state index in [0.29, 0.717) is 19.5 Å². The topological polar surface area (TPSA) is 205 Å². The largest absolute Gasteiger partial charge is 0.480 e. The van der Waals surface area contributed by atoms with Crippen LogP contribution in [-0.4, -0.2) is 123 Å². The van der Waals surface area contributed by atoms with E-state index in [2.05, 4.69) is 5.32 Å². The molecule has 0 aliphatic carbocycles. The van der Waals surface area contributed by atoms with Gasteiger partial charge in [0.2, 0.25) is 0 Å². The number of rotatable bonds is 20. The standard InChI is InChI=1S/C26H34N4O10/c31-21-8-9-22(32)30(21)11-3-1-2-10-27-19-6-4-18(5-7-19)12-20(29(16-25(37)38)17-26(39)40)13-28(14-23(33)34)15-24(35)36/h4-9,20,27H,1-3,10-17H2,(H,33,34)(H,35,36)(H,37,38)(H,39,40). The van der Waals surface area contributed by atoms with Crippen LogP contribution in [0.25, 0.3) is 0 Å². The van der Waals surface area contributed by atoms with Crippen molar-refractivity contribution in [1.29, 1.82) is 0 Å². The third-order valence-corrected chi connectivity index (χ3v) is 6.09. The first-order valence-corrected chi connectivity index (χ1v) is 12.6. The van der Waals surface area contributed by atoms with Crippen LogP contribution in [0.3, 0.4) is 0 Å². The maximum atomic E-state index is 11.6. The van der Waals surface area contributed by atoms with Crippen LogP contribution in [0.2, 0.25) is 0 Å². The summed E-state index contributed by atoms with van der Waals surface area (Å²) in [4.78, 5) is 71.9. The number of aliphatic carboxylic acids is 4. The van der Waals surface area contributed by atoms with Gasteiger partial charge in [-0.3, -0.25) is 43.5 Å². The number of unbranched alkanes of at least 4 members (excludes halogenated alkanes) is 2. The fourth-order valence-electron chi connectivity index (χ4n) is 4.32. The molecule has 218 valence electrons. The van der Waals surface area contributed by atoms with Crippen LogP contribution < -0.4 is 5.32 Å². The molecule has 1 heterocycles. The van der Waals surface area contributed by atoms with Gasteiger partial charge in [-0.1, -0.05) is 12.1 Å². The lowest BCUT2D eigenvalue weighted by Crippen LogP contribution is -2.50. The van der Waals surface area contributed by atoms with E-state index in [4.69, 9.17) is 0 Å². The molecule has 0 bridgehead atoms. The Morgan fingerprint density at radius 1 is 0.750 bits per heavy atom. The second kappa shape index (κ2) is 16.0. The number of nitrogens with one attached hydrogen (secondary N) is 1. The fraction of sp³-hybridized carbons (Fsp3) is 0.462. The third-order valence-electron chi connectivity index (χ3n) is 6.09. The summed E-state index contributed by atoms with van der Waals surface area (Å²) >= 11 is 0. The molecule has 5 N–H and O–H groups in total. The summed E-state index contributed by atoms with van der Waals surface area (Å²) in [6, 6.07) is 6.33. The zero-order valence-electron chi connectivity index (χ0n) is 21.9. The van der Waals surface area contributed by atoms with Gasteiger partial charge in [0.15, 0.2) is 0 Å². The molecule has 1 aromatic carbocycles. The van der Waals surface area contributed by atoms with E-state index in [9.17, 15) is 49.2 Å². The minimum Gasteiger partial charge on any atom is -0.480 e. The van der Waals surface area contributed by atoms with Crippen LogP contribution in [0, 0.1) is 0 Å². The first-order chi connectivity index (χ1) is 18.9. The Hall–Kier alpha value is -4.30. The molecule has 0 aromatic heterocycles. The number of nitrogens with zero attached hydrogens (tertiary/aromatic N) is 3. The molecular formula is C26H34N4O10. The van der Waals surface area contributed by atoms with E-state index < -0.39 is 56.1 Å². The highest BCUT2D eigenvalue weighted by atomic mass is 16.4. The Labute approximate surface area is 230 Å². The van der Waals surface area contributed by atoms with Gasteiger partial charge in [-0.05, 0) is 43.4 Å². The quantitative estimate of drug-likeness (QED) is 0.105. The second-order valence-corrected chi connectivity index (χ2v) is 9.35. The number of hydrogen-bond acceptors (Lipinski definition) is 9. The highest BCUT2D eigenvalue weighted by Gasteiger charge is 2.27. The van der Waals surface area contributed by atoms with Crippen LogP contribution in [-0.2, 0) is 35.2 Å². The molecule has 14 nitrogen and oxygen atoms in total. The molecule has 2 rings (SSSR count). The minimum atomic E-state index is -1.27. The highest BCUT2D eigenvalue weighted by Crippen LogP contribution is 2.16. The Kier molecular flexibility index (Phi) is 12.7. The van der Waals surface area contributed by atoms with Gasteiger partial charge in [-0.25, -0.2) is 0 Å². The Balaban J connectivity index is 1.98. The number of carboxylic acid groups (broad SMARTS) is 4. The predicted molar refractivity (Wildman–Crippen MR) is 141 cm³/mol. The summed E-state index contributed by atoms with van der Waals surface area (Å²) < 4.78 is 0. The van der Waals surface area contributed by atoms with Crippen molar-refractivity contribution in [2.45, 2.75) is 31.7 Å². The number of benzene rings is 1. The van der Waals surface area contributed by atoms with E-state index in [0.717, 1.165) is 29.0 Å². The summed E-state index contributed by atoms with van der Waals surface area (Å²) in [5.41, 5.74) is 1.52. The summed E-state index contributed by atoms with van der Waals surface area (Å²) in [6.07, 6.45) is 4.96. The first-order valence-electron chi connectivity index (χ1n) is 12.6. The molecule has 2 amide bonds. The molecule has 40 heavy (non-hydrogen) atoms. The third kappa shape index (κ3) is 11.6. The smallest absolute Gasteiger partial charge is 0.317 e. The summed E-state index contributed by atoms with van der Waals surface area (Å²) in [7, 11) is 0. The summed E-state index contributed by atoms with van der Waals surface area (Å²) in [5.74, 6) is -5.68. The molecule has 1 unspecified atom stereocenters. The summed E-state index contributed by atoms with van der Waals surface area (Å²) in [6.45, 7) is -1.63. The molecule has 0 spiro atoms. The number of imide groups is 1. The van der Waals surface area contributed by atoms with Crippen LogP contribution in [0.1, 0.15) is 24.8 Å². The molecular weight excluding hydrogens is 528 g/mol. The average Bonchev–Trinajstić information content (AvgIpc) is 3.17. The van der Waals surface area contributed by atoms with Gasteiger partial charge < -0.3 is 25.7 Å². The molecule has 0 saturated heterocycles. The van der Waals surface area contributed by atoms with Crippen LogP contribution in [0.5, 0.6) is 0 Å². The molecule has 0 fully saturated rings. The lowest BCUT2D eigenvalue weighted by atomic mass is 10.0. The molecule has 14 heteroatoms. The molecule has 0 radical (unpaired) electrons. The number of anilines is 1. The lowest BCUT2D eigenvalue weighted by Gasteiger charge is -2.33. The van der Waals surface area contributed by atoms with Gasteiger partial charge in [-0.15, -0.1) is 0 Å². The predicted octanol–water partition coefficient (Wildman–Crippen LogP) is 0.0473. The normalized spacial score (nSPS) is 13.7. The fourth-order valence-corrected chi connectivity index (χ4v) is 4.32. The molecule has 1 atom stereocenters. The number of carboxylic acids is 4. The van der Waals surface area contributed by atoms with Gasteiger partial charge in [0.05, 0.1) is 26.2 Å². The van der Waals surface area contributed by atoms with E-state index in [1.807, 2.05) is 0 Å². The van der Waals surface area contributed by atoms with Crippen molar-refractivity contribution in [3.63, 3.8) is 0 Å². The van der Waals surface area contributed by atoms with Crippen molar-refractivity contribution in [3.8, 4) is 0 Å². The van der Waals surface area contributed by atoms with Crippen molar-refractivity contribution >= 4 is 41.4 Å². The van der Waals surface area contributed by atoms with E-state index >= 15 is 0 Å². The van der Waals surface area contributed by atoms with Gasteiger partial charge in [0.1, 0.15) is 0 Å². The maximum absolute atomic E-state index is 11.6. The number of carbonyl (C=O) groups is 6. The van der Waals surface area contributed by atoms with E-state index in [1.165, 1.54) is 22.0 Å². The lowest BCUT2D eigenvalue weighted by molar-refractivity contribution is -0.146. The number of hydrogen-bond donors (Lipinski definition) is 5. The number of carbonyl (C=O) groups excluding carboxylic acids is 2. The monoisotopic (exact) mass is 562 g/mol. The summed E-state index contributed by atoms with van der Waals surface area (Å²) in [5, 5.41) is 40.2. The van der Waals surface area contributed by atoms with Gasteiger partial charge >= 0.3 is 23.9 Å². The van der Waals surface area contributed by atoms with Crippen LogP contribution in [0.15, 0.2) is 36.4 Å². The zero-order chi connectivity index (χ0) is 29.7. The Bertz CT molecular complexity index is 1060. The van der Waals surface area contributed by atoms with Crippen molar-refractivity contribution in [2.24, 2.45) is 0 Å². The highest BCUT2D eigenvalue weighted by molar-refractivity contribution is 6.12. The van der Waals surface area contributed by atoms with Crippen molar-refractivity contribution in [3.05, 3.63) is 42.0 Å². The molecule has 1 aliphatic heterocycles. The molecule has 1 aromatic rings. The maximum Gasteiger partial charge on any atom is 0.317 e. The van der Waals surface area contributed by atoms with E-state index in [-0.39, 0.29) is 24.8 Å².